The number of phenolic OH excluding ortho intramolecular Hbond substituents is 1. The summed E-state index contributed by atoms with van der Waals surface area (Å²) in [5, 5.41) is 13.7. The minimum atomic E-state index is 0.425. The largest absolute Gasteiger partial charge is 0.506 e. The predicted molar refractivity (Wildman–Crippen MR) is 68.8 cm³/mol. The van der Waals surface area contributed by atoms with Crippen molar-refractivity contribution < 1.29 is 5.11 Å². The molecule has 0 fully saturated rings. The van der Waals surface area contributed by atoms with Gasteiger partial charge in [0.2, 0.25) is 0 Å². The van der Waals surface area contributed by atoms with Crippen LogP contribution in [0.15, 0.2) is 17.5 Å². The highest BCUT2D eigenvalue weighted by molar-refractivity contribution is 14.1. The second-order valence-electron chi connectivity index (χ2n) is 2.66. The Kier molecular flexibility index (Phi) is 2.80. The number of alkyl halides is 1. The van der Waals surface area contributed by atoms with Gasteiger partial charge in [-0.3, -0.25) is 0 Å². The summed E-state index contributed by atoms with van der Waals surface area (Å²) in [6.45, 7) is 0. The van der Waals surface area contributed by atoms with Gasteiger partial charge < -0.3 is 5.11 Å². The molecule has 1 aromatic heterocycles. The van der Waals surface area contributed by atoms with Crippen LogP contribution in [-0.2, 0) is 5.33 Å². The van der Waals surface area contributed by atoms with E-state index in [4.69, 9.17) is 0 Å². The fourth-order valence-corrected chi connectivity index (χ4v) is 3.95. The van der Waals surface area contributed by atoms with Crippen molar-refractivity contribution in [2.45, 2.75) is 5.33 Å². The Morgan fingerprint density at radius 2 is 2.31 bits per heavy atom. The molecule has 0 amide bonds. The Labute approximate surface area is 102 Å². The van der Waals surface area contributed by atoms with E-state index in [-0.39, 0.29) is 0 Å². The number of halogens is 2. The van der Waals surface area contributed by atoms with Gasteiger partial charge in [-0.1, -0.05) is 15.9 Å². The molecule has 0 saturated carbocycles. The fraction of sp³-hybridized carbons (Fsp3) is 0.111. The van der Waals surface area contributed by atoms with E-state index < -0.39 is 0 Å². The molecule has 0 atom stereocenters. The van der Waals surface area contributed by atoms with Gasteiger partial charge in [0, 0.05) is 14.5 Å². The van der Waals surface area contributed by atoms with Crippen LogP contribution in [0.3, 0.4) is 0 Å². The van der Waals surface area contributed by atoms with Gasteiger partial charge in [0.1, 0.15) is 5.75 Å². The maximum absolute atomic E-state index is 9.89. The summed E-state index contributed by atoms with van der Waals surface area (Å²) in [6, 6.07) is 4.13. The second kappa shape index (κ2) is 3.74. The lowest BCUT2D eigenvalue weighted by Crippen LogP contribution is -1.84. The monoisotopic (exact) mass is 368 g/mol. The Hall–Kier alpha value is 0.190. The summed E-state index contributed by atoms with van der Waals surface area (Å²) >= 11 is 7.20. The molecule has 4 heteroatoms. The third-order valence-corrected chi connectivity index (χ3v) is 4.36. The van der Waals surface area contributed by atoms with Crippen LogP contribution in [-0.4, -0.2) is 5.11 Å². The number of rotatable bonds is 1. The van der Waals surface area contributed by atoms with Gasteiger partial charge in [-0.15, -0.1) is 11.3 Å². The van der Waals surface area contributed by atoms with Gasteiger partial charge in [0.25, 0.3) is 0 Å². The summed E-state index contributed by atoms with van der Waals surface area (Å²) in [6.07, 6.45) is 0. The first-order valence-corrected chi connectivity index (χ1v) is 6.75. The van der Waals surface area contributed by atoms with Gasteiger partial charge in [-0.25, -0.2) is 0 Å². The Balaban J connectivity index is 2.85. The smallest absolute Gasteiger partial charge is 0.138 e. The first-order chi connectivity index (χ1) is 6.24. The van der Waals surface area contributed by atoms with Crippen LogP contribution >= 0.6 is 49.9 Å². The predicted octanol–water partition coefficient (Wildman–Crippen LogP) is 4.11. The number of aromatic hydroxyl groups is 1. The first-order valence-electron chi connectivity index (χ1n) is 3.67. The van der Waals surface area contributed by atoms with Gasteiger partial charge in [0.05, 0.1) is 4.70 Å². The second-order valence-corrected chi connectivity index (χ2v) is 5.30. The van der Waals surface area contributed by atoms with Crippen LogP contribution in [0, 0.1) is 3.57 Å². The molecule has 0 aliphatic rings. The van der Waals surface area contributed by atoms with Crippen LogP contribution in [0.4, 0.5) is 0 Å². The summed E-state index contributed by atoms with van der Waals surface area (Å²) < 4.78 is 2.09. The van der Waals surface area contributed by atoms with E-state index in [0.717, 1.165) is 19.2 Å². The van der Waals surface area contributed by atoms with E-state index in [1.54, 1.807) is 11.3 Å². The molecule has 1 nitrogen and oxygen atoms in total. The molecule has 0 saturated heterocycles. The highest BCUT2D eigenvalue weighted by Crippen LogP contribution is 2.36. The number of fused-ring (bicyclic) bond motifs is 1. The number of thiophene rings is 1. The molecule has 1 aromatic carbocycles. The fourth-order valence-electron chi connectivity index (χ4n) is 1.23. The highest BCUT2D eigenvalue weighted by atomic mass is 127. The van der Waals surface area contributed by atoms with E-state index in [1.807, 2.05) is 11.4 Å². The summed E-state index contributed by atoms with van der Waals surface area (Å²) in [4.78, 5) is 0. The zero-order chi connectivity index (χ0) is 9.42. The number of hydrogen-bond acceptors (Lipinski definition) is 2. The lowest BCUT2D eigenvalue weighted by Gasteiger charge is -2.04. The van der Waals surface area contributed by atoms with E-state index in [1.165, 1.54) is 0 Å². The highest BCUT2D eigenvalue weighted by Gasteiger charge is 2.10. The normalized spacial score (nSPS) is 10.9. The molecule has 2 rings (SSSR count). The quantitative estimate of drug-likeness (QED) is 0.593. The zero-order valence-corrected chi connectivity index (χ0v) is 11.1. The Morgan fingerprint density at radius 3 is 3.00 bits per heavy atom. The van der Waals surface area contributed by atoms with Crippen LogP contribution in [0.2, 0.25) is 0 Å². The minimum absolute atomic E-state index is 0.425. The van der Waals surface area contributed by atoms with Crippen molar-refractivity contribution in [3.8, 4) is 5.75 Å². The first kappa shape index (κ1) is 9.73. The van der Waals surface area contributed by atoms with Crippen molar-refractivity contribution in [1.29, 1.82) is 0 Å². The van der Waals surface area contributed by atoms with Gasteiger partial charge >= 0.3 is 0 Å². The van der Waals surface area contributed by atoms with Crippen LogP contribution in [0.1, 0.15) is 5.56 Å². The molecular weight excluding hydrogens is 363 g/mol. The molecule has 1 N–H and O–H groups in total. The summed E-state index contributed by atoms with van der Waals surface area (Å²) in [5.74, 6) is 0.425. The van der Waals surface area contributed by atoms with Gasteiger partial charge in [-0.05, 0) is 45.5 Å². The van der Waals surface area contributed by atoms with E-state index in [2.05, 4.69) is 44.6 Å². The van der Waals surface area contributed by atoms with Gasteiger partial charge in [0.15, 0.2) is 0 Å². The number of benzene rings is 1. The van der Waals surface area contributed by atoms with E-state index in [0.29, 0.717) is 11.1 Å². The van der Waals surface area contributed by atoms with E-state index >= 15 is 0 Å². The third kappa shape index (κ3) is 1.59. The van der Waals surface area contributed by atoms with Crippen molar-refractivity contribution in [2.75, 3.05) is 0 Å². The number of phenols is 1. The maximum Gasteiger partial charge on any atom is 0.138 e. The molecule has 0 spiro atoms. The Bertz CT molecular complexity index is 452. The minimum Gasteiger partial charge on any atom is -0.506 e. The molecule has 1 heterocycles. The molecule has 0 radical (unpaired) electrons. The average molecular weight is 369 g/mol. The molecule has 13 heavy (non-hydrogen) atoms. The molecule has 0 unspecified atom stereocenters. The zero-order valence-electron chi connectivity index (χ0n) is 6.55. The lowest BCUT2D eigenvalue weighted by atomic mass is 10.2. The SMILES string of the molecule is Oc1c(CBr)c(I)cc2ccsc12. The number of hydrogen-bond donors (Lipinski definition) is 1. The van der Waals surface area contributed by atoms with Gasteiger partial charge in [-0.2, -0.15) is 0 Å². The van der Waals surface area contributed by atoms with Crippen LogP contribution < -0.4 is 0 Å². The van der Waals surface area contributed by atoms with Crippen LogP contribution in [0.25, 0.3) is 10.1 Å². The van der Waals surface area contributed by atoms with Crippen molar-refractivity contribution >= 4 is 59.9 Å². The summed E-state index contributed by atoms with van der Waals surface area (Å²) in [5.41, 5.74) is 0.982. The summed E-state index contributed by atoms with van der Waals surface area (Å²) in [7, 11) is 0. The molecule has 0 bridgehead atoms. The van der Waals surface area contributed by atoms with Crippen molar-refractivity contribution in [2.24, 2.45) is 0 Å². The molecule has 68 valence electrons. The topological polar surface area (TPSA) is 20.2 Å². The molecule has 0 aliphatic heterocycles. The van der Waals surface area contributed by atoms with Crippen molar-refractivity contribution in [1.82, 2.24) is 0 Å². The average Bonchev–Trinajstić information content (AvgIpc) is 2.53. The Morgan fingerprint density at radius 1 is 1.54 bits per heavy atom. The maximum atomic E-state index is 9.89. The lowest BCUT2D eigenvalue weighted by molar-refractivity contribution is 0.477. The third-order valence-electron chi connectivity index (χ3n) is 1.90. The molecule has 0 aliphatic carbocycles. The van der Waals surface area contributed by atoms with Crippen molar-refractivity contribution in [3.05, 3.63) is 26.6 Å². The molecular formula is C9H6BrIOS. The van der Waals surface area contributed by atoms with Crippen molar-refractivity contribution in [3.63, 3.8) is 0 Å². The standard InChI is InChI=1S/C9H6BrIOS/c10-4-6-7(11)3-5-1-2-13-9(5)8(6)12/h1-3,12H,4H2. The van der Waals surface area contributed by atoms with Crippen LogP contribution in [0.5, 0.6) is 5.75 Å². The van der Waals surface area contributed by atoms with E-state index in [9.17, 15) is 5.11 Å². The molecule has 2 aromatic rings.